The first-order valence-electron chi connectivity index (χ1n) is 5.27. The molecule has 1 aromatic carbocycles. The molecule has 3 nitrogen and oxygen atoms in total. The van der Waals surface area contributed by atoms with Crippen molar-refractivity contribution < 1.29 is 14.3 Å². The number of benzene rings is 1. The molecule has 0 aromatic heterocycles. The molecule has 1 saturated heterocycles. The average Bonchev–Trinajstić information content (AvgIpc) is 2.82. The summed E-state index contributed by atoms with van der Waals surface area (Å²) in [6.07, 6.45) is 2.14. The second kappa shape index (κ2) is 5.37. The van der Waals surface area contributed by atoms with Gasteiger partial charge in [-0.1, -0.05) is 23.9 Å². The number of ether oxygens (including phenoxy) is 2. The molecule has 0 unspecified atom stereocenters. The Hall–Kier alpha value is -1.00. The molecule has 1 aliphatic rings. The van der Waals surface area contributed by atoms with Crippen LogP contribution < -0.4 is 0 Å². The molecular weight excluding hydrogens is 224 g/mol. The van der Waals surface area contributed by atoms with E-state index in [9.17, 15) is 4.79 Å². The first kappa shape index (κ1) is 11.5. The van der Waals surface area contributed by atoms with Crippen LogP contribution >= 0.6 is 11.8 Å². The minimum atomic E-state index is -0.291. The molecule has 0 aliphatic carbocycles. The number of rotatable bonds is 3. The molecule has 0 N–H and O–H groups in total. The van der Waals surface area contributed by atoms with Crippen molar-refractivity contribution >= 4 is 17.7 Å². The fraction of sp³-hybridized carbons (Fsp3) is 0.417. The zero-order valence-electron chi connectivity index (χ0n) is 9.14. The van der Waals surface area contributed by atoms with Gasteiger partial charge in [0.05, 0.1) is 12.7 Å². The zero-order chi connectivity index (χ0) is 11.4. The van der Waals surface area contributed by atoms with Crippen molar-refractivity contribution in [3.05, 3.63) is 29.8 Å². The van der Waals surface area contributed by atoms with E-state index in [4.69, 9.17) is 9.47 Å². The quantitative estimate of drug-likeness (QED) is 0.758. The molecule has 1 aliphatic heterocycles. The lowest BCUT2D eigenvalue weighted by molar-refractivity contribution is 0.0596. The Morgan fingerprint density at radius 3 is 3.00 bits per heavy atom. The van der Waals surface area contributed by atoms with Gasteiger partial charge in [-0.25, -0.2) is 4.79 Å². The summed E-state index contributed by atoms with van der Waals surface area (Å²) in [5.74, 6) is -0.291. The summed E-state index contributed by atoms with van der Waals surface area (Å²) in [5.41, 5.74) is 0.788. The number of esters is 1. The van der Waals surface area contributed by atoms with Gasteiger partial charge in [-0.3, -0.25) is 0 Å². The molecule has 0 bridgehead atoms. The average molecular weight is 238 g/mol. The third-order valence-electron chi connectivity index (χ3n) is 2.44. The van der Waals surface area contributed by atoms with Crippen molar-refractivity contribution in [3.8, 4) is 0 Å². The minimum Gasteiger partial charge on any atom is -0.465 e. The summed E-state index contributed by atoms with van der Waals surface area (Å²) in [4.78, 5) is 12.5. The van der Waals surface area contributed by atoms with Gasteiger partial charge in [0, 0.05) is 11.5 Å². The lowest BCUT2D eigenvalue weighted by atomic mass is 10.2. The van der Waals surface area contributed by atoms with Gasteiger partial charge < -0.3 is 9.47 Å². The van der Waals surface area contributed by atoms with Crippen molar-refractivity contribution in [2.24, 2.45) is 0 Å². The Bertz CT molecular complexity index is 372. The van der Waals surface area contributed by atoms with Gasteiger partial charge in [-0.05, 0) is 25.0 Å². The highest BCUT2D eigenvalue weighted by Crippen LogP contribution is 2.32. The number of hydrogen-bond donors (Lipinski definition) is 0. The molecule has 0 saturated carbocycles. The second-order valence-corrected chi connectivity index (χ2v) is 4.75. The SMILES string of the molecule is COC(=O)c1ccccc1S[C@H]1CCCO1. The molecular formula is C12H14O3S. The fourth-order valence-electron chi connectivity index (χ4n) is 1.63. The number of carbonyl (C=O) groups excluding carboxylic acids is 1. The van der Waals surface area contributed by atoms with E-state index in [0.29, 0.717) is 5.56 Å². The van der Waals surface area contributed by atoms with Gasteiger partial charge in [0.15, 0.2) is 0 Å². The number of thioether (sulfide) groups is 1. The monoisotopic (exact) mass is 238 g/mol. The summed E-state index contributed by atoms with van der Waals surface area (Å²) in [6, 6.07) is 7.47. The number of carbonyl (C=O) groups is 1. The van der Waals surface area contributed by atoms with E-state index in [1.807, 2.05) is 18.2 Å². The molecule has 16 heavy (non-hydrogen) atoms. The highest BCUT2D eigenvalue weighted by atomic mass is 32.2. The Kier molecular flexibility index (Phi) is 3.85. The maximum absolute atomic E-state index is 11.5. The van der Waals surface area contributed by atoms with Crippen LogP contribution in [0.5, 0.6) is 0 Å². The van der Waals surface area contributed by atoms with Crippen LogP contribution in [-0.2, 0) is 9.47 Å². The molecule has 1 atom stereocenters. The summed E-state index contributed by atoms with van der Waals surface area (Å²) in [6.45, 7) is 0.818. The van der Waals surface area contributed by atoms with Gasteiger partial charge >= 0.3 is 5.97 Å². The van der Waals surface area contributed by atoms with Crippen molar-refractivity contribution in [1.82, 2.24) is 0 Å². The highest BCUT2D eigenvalue weighted by molar-refractivity contribution is 7.99. The van der Waals surface area contributed by atoms with Crippen molar-refractivity contribution in [2.45, 2.75) is 23.2 Å². The second-order valence-electron chi connectivity index (χ2n) is 3.55. The summed E-state index contributed by atoms with van der Waals surface area (Å²) in [5, 5.41) is 0. The predicted molar refractivity (Wildman–Crippen MR) is 62.6 cm³/mol. The molecule has 0 amide bonds. The van der Waals surface area contributed by atoms with Crippen molar-refractivity contribution in [1.29, 1.82) is 0 Å². The van der Waals surface area contributed by atoms with Crippen molar-refractivity contribution in [2.75, 3.05) is 13.7 Å². The molecule has 0 radical (unpaired) electrons. The maximum Gasteiger partial charge on any atom is 0.338 e. The Morgan fingerprint density at radius 1 is 1.50 bits per heavy atom. The van der Waals surface area contributed by atoms with Gasteiger partial charge in [0.25, 0.3) is 0 Å². The standard InChI is InChI=1S/C12H14O3S/c1-14-12(13)9-5-2-3-6-10(9)16-11-7-4-8-15-11/h2-3,5-6,11H,4,7-8H2,1H3/t11-/m0/s1. The van der Waals surface area contributed by atoms with E-state index in [2.05, 4.69) is 0 Å². The predicted octanol–water partition coefficient (Wildman–Crippen LogP) is 2.70. The molecule has 1 fully saturated rings. The minimum absolute atomic E-state index is 0.172. The van der Waals surface area contributed by atoms with E-state index >= 15 is 0 Å². The lowest BCUT2D eigenvalue weighted by Crippen LogP contribution is -2.05. The van der Waals surface area contributed by atoms with E-state index in [0.717, 1.165) is 24.3 Å². The van der Waals surface area contributed by atoms with Crippen LogP contribution in [0.4, 0.5) is 0 Å². The smallest absolute Gasteiger partial charge is 0.338 e. The van der Waals surface area contributed by atoms with Gasteiger partial charge in [0.1, 0.15) is 5.44 Å². The summed E-state index contributed by atoms with van der Waals surface area (Å²) >= 11 is 1.60. The lowest BCUT2D eigenvalue weighted by Gasteiger charge is -2.11. The van der Waals surface area contributed by atoms with Crippen LogP contribution in [0.15, 0.2) is 29.2 Å². The van der Waals surface area contributed by atoms with Gasteiger partial charge in [-0.15, -0.1) is 0 Å². The molecule has 1 aromatic rings. The summed E-state index contributed by atoms with van der Waals surface area (Å²) in [7, 11) is 1.40. The third kappa shape index (κ3) is 2.57. The first-order valence-corrected chi connectivity index (χ1v) is 6.15. The van der Waals surface area contributed by atoms with Crippen LogP contribution in [0.3, 0.4) is 0 Å². The Balaban J connectivity index is 2.15. The Morgan fingerprint density at radius 2 is 2.31 bits per heavy atom. The van der Waals surface area contributed by atoms with Crippen LogP contribution in [0.1, 0.15) is 23.2 Å². The van der Waals surface area contributed by atoms with Crippen LogP contribution in [0.2, 0.25) is 0 Å². The van der Waals surface area contributed by atoms with E-state index in [-0.39, 0.29) is 11.4 Å². The van der Waals surface area contributed by atoms with E-state index < -0.39 is 0 Å². The van der Waals surface area contributed by atoms with Crippen LogP contribution in [0.25, 0.3) is 0 Å². The third-order valence-corrected chi connectivity index (χ3v) is 3.68. The number of methoxy groups -OCH3 is 1. The molecule has 86 valence electrons. The fourth-order valence-corrected chi connectivity index (χ4v) is 2.80. The molecule has 1 heterocycles. The topological polar surface area (TPSA) is 35.5 Å². The zero-order valence-corrected chi connectivity index (χ0v) is 9.96. The highest BCUT2D eigenvalue weighted by Gasteiger charge is 2.20. The van der Waals surface area contributed by atoms with E-state index in [1.165, 1.54) is 7.11 Å². The Labute approximate surface area is 99.1 Å². The van der Waals surface area contributed by atoms with Gasteiger partial charge in [-0.2, -0.15) is 0 Å². The largest absolute Gasteiger partial charge is 0.465 e. The number of hydrogen-bond acceptors (Lipinski definition) is 4. The van der Waals surface area contributed by atoms with Crippen LogP contribution in [0, 0.1) is 0 Å². The van der Waals surface area contributed by atoms with E-state index in [1.54, 1.807) is 17.8 Å². The van der Waals surface area contributed by atoms with Crippen LogP contribution in [-0.4, -0.2) is 25.1 Å². The molecule has 0 spiro atoms. The molecule has 4 heteroatoms. The normalized spacial score (nSPS) is 19.7. The van der Waals surface area contributed by atoms with Crippen molar-refractivity contribution in [3.63, 3.8) is 0 Å². The summed E-state index contributed by atoms with van der Waals surface area (Å²) < 4.78 is 10.3. The molecule has 2 rings (SSSR count). The van der Waals surface area contributed by atoms with Gasteiger partial charge in [0.2, 0.25) is 0 Å². The maximum atomic E-state index is 11.5. The first-order chi connectivity index (χ1) is 7.81.